The first-order valence-corrected chi connectivity index (χ1v) is 8.04. The second-order valence-corrected chi connectivity index (χ2v) is 6.02. The highest BCUT2D eigenvalue weighted by Crippen LogP contribution is 2.47. The highest BCUT2D eigenvalue weighted by atomic mass is 16.2. The maximum absolute atomic E-state index is 12.2. The van der Waals surface area contributed by atoms with Crippen LogP contribution < -0.4 is 5.43 Å². The molecule has 0 radical (unpaired) electrons. The van der Waals surface area contributed by atoms with Crippen LogP contribution in [0.4, 0.5) is 0 Å². The van der Waals surface area contributed by atoms with Crippen molar-refractivity contribution < 1.29 is 4.79 Å². The molecule has 1 N–H and O–H groups in total. The van der Waals surface area contributed by atoms with Crippen molar-refractivity contribution in [3.05, 3.63) is 78.0 Å². The number of para-hydroxylation sites is 1. The summed E-state index contributed by atoms with van der Waals surface area (Å²) in [6.07, 6.45) is 4.31. The zero-order valence-electron chi connectivity index (χ0n) is 13.1. The van der Waals surface area contributed by atoms with Crippen molar-refractivity contribution in [2.45, 2.75) is 12.3 Å². The SMILES string of the molecule is O=C(N/N=C\c1cccc2cccnc12)[C@H]1C[C@@H]1c1ccccc1. The molecule has 4 nitrogen and oxygen atoms in total. The van der Waals surface area contributed by atoms with E-state index in [1.54, 1.807) is 12.4 Å². The van der Waals surface area contributed by atoms with Crippen LogP contribution in [0.2, 0.25) is 0 Å². The second kappa shape index (κ2) is 6.24. The molecule has 0 bridgehead atoms. The molecular weight excluding hydrogens is 298 g/mol. The first-order valence-electron chi connectivity index (χ1n) is 8.04. The third kappa shape index (κ3) is 2.91. The number of nitrogens with zero attached hydrogens (tertiary/aromatic N) is 2. The second-order valence-electron chi connectivity index (χ2n) is 6.02. The first-order chi connectivity index (χ1) is 11.8. The van der Waals surface area contributed by atoms with Crippen molar-refractivity contribution in [2.75, 3.05) is 0 Å². The predicted molar refractivity (Wildman–Crippen MR) is 94.8 cm³/mol. The van der Waals surface area contributed by atoms with Crippen molar-refractivity contribution in [1.82, 2.24) is 10.4 Å². The van der Waals surface area contributed by atoms with Gasteiger partial charge in [0.1, 0.15) is 0 Å². The van der Waals surface area contributed by atoms with E-state index < -0.39 is 0 Å². The zero-order chi connectivity index (χ0) is 16.4. The molecule has 0 saturated heterocycles. The molecule has 1 aliphatic rings. The molecule has 1 saturated carbocycles. The van der Waals surface area contributed by atoms with Gasteiger partial charge in [0.05, 0.1) is 11.7 Å². The number of carbonyl (C=O) groups is 1. The monoisotopic (exact) mass is 315 g/mol. The number of carbonyl (C=O) groups excluding carboxylic acids is 1. The minimum atomic E-state index is -0.0201. The van der Waals surface area contributed by atoms with Crippen molar-refractivity contribution >= 4 is 23.0 Å². The number of hydrazone groups is 1. The first kappa shape index (κ1) is 14.6. The number of hydrogen-bond donors (Lipinski definition) is 1. The van der Waals surface area contributed by atoms with Crippen LogP contribution in [0.5, 0.6) is 0 Å². The van der Waals surface area contributed by atoms with E-state index in [1.807, 2.05) is 48.5 Å². The molecule has 1 heterocycles. The Labute approximate surface area is 140 Å². The molecule has 3 aromatic rings. The van der Waals surface area contributed by atoms with Crippen molar-refractivity contribution in [3.63, 3.8) is 0 Å². The van der Waals surface area contributed by atoms with Gasteiger partial charge < -0.3 is 0 Å². The Morgan fingerprint density at radius 2 is 1.92 bits per heavy atom. The maximum Gasteiger partial charge on any atom is 0.243 e. The summed E-state index contributed by atoms with van der Waals surface area (Å²) < 4.78 is 0. The molecule has 1 amide bonds. The van der Waals surface area contributed by atoms with E-state index in [2.05, 4.69) is 27.6 Å². The molecule has 0 aliphatic heterocycles. The van der Waals surface area contributed by atoms with Crippen molar-refractivity contribution in [3.8, 4) is 0 Å². The van der Waals surface area contributed by atoms with Gasteiger partial charge in [0, 0.05) is 23.1 Å². The summed E-state index contributed by atoms with van der Waals surface area (Å²) >= 11 is 0. The topological polar surface area (TPSA) is 54.4 Å². The van der Waals surface area contributed by atoms with Gasteiger partial charge in [-0.2, -0.15) is 5.10 Å². The minimum absolute atomic E-state index is 0.0201. The third-order valence-electron chi connectivity index (χ3n) is 4.40. The highest BCUT2D eigenvalue weighted by molar-refractivity contribution is 5.97. The number of fused-ring (bicyclic) bond motifs is 1. The Hall–Kier alpha value is -3.01. The van der Waals surface area contributed by atoms with Crippen LogP contribution in [0, 0.1) is 5.92 Å². The summed E-state index contributed by atoms with van der Waals surface area (Å²) in [4.78, 5) is 16.6. The van der Waals surface area contributed by atoms with Crippen molar-refractivity contribution in [2.24, 2.45) is 11.0 Å². The molecule has 4 rings (SSSR count). The number of aromatic nitrogens is 1. The van der Waals surface area contributed by atoms with E-state index in [0.29, 0.717) is 5.92 Å². The lowest BCUT2D eigenvalue weighted by Gasteiger charge is -2.01. The molecule has 1 aromatic heterocycles. The standard InChI is InChI=1S/C20H17N3O/c24-20(18-12-17(18)14-6-2-1-3-7-14)23-22-13-16-9-4-8-15-10-5-11-21-19(15)16/h1-11,13,17-18H,12H2,(H,23,24)/b22-13-/t17-,18+/m1/s1. The van der Waals surface area contributed by atoms with Crippen LogP contribution in [0.25, 0.3) is 10.9 Å². The van der Waals surface area contributed by atoms with E-state index in [1.165, 1.54) is 5.56 Å². The molecule has 2 atom stereocenters. The molecular formula is C20H17N3O. The molecule has 24 heavy (non-hydrogen) atoms. The average Bonchev–Trinajstić information content (AvgIpc) is 3.43. The van der Waals surface area contributed by atoms with Crippen LogP contribution >= 0.6 is 0 Å². The number of benzene rings is 2. The number of amides is 1. The van der Waals surface area contributed by atoms with E-state index in [0.717, 1.165) is 22.9 Å². The van der Waals surface area contributed by atoms with Crippen LogP contribution in [-0.4, -0.2) is 17.1 Å². The highest BCUT2D eigenvalue weighted by Gasteiger charge is 2.43. The van der Waals surface area contributed by atoms with Gasteiger partial charge in [-0.05, 0) is 24.0 Å². The van der Waals surface area contributed by atoms with Gasteiger partial charge in [-0.15, -0.1) is 0 Å². The number of rotatable bonds is 4. The normalized spacial score (nSPS) is 19.5. The van der Waals surface area contributed by atoms with Gasteiger partial charge in [-0.3, -0.25) is 9.78 Å². The van der Waals surface area contributed by atoms with E-state index in [-0.39, 0.29) is 11.8 Å². The van der Waals surface area contributed by atoms with Gasteiger partial charge in [0.2, 0.25) is 5.91 Å². The van der Waals surface area contributed by atoms with Gasteiger partial charge in [-0.25, -0.2) is 5.43 Å². The summed E-state index contributed by atoms with van der Waals surface area (Å²) in [5, 5.41) is 5.17. The molecule has 4 heteroatoms. The van der Waals surface area contributed by atoms with Crippen molar-refractivity contribution in [1.29, 1.82) is 0 Å². The molecule has 1 fully saturated rings. The molecule has 0 unspecified atom stereocenters. The molecule has 1 aliphatic carbocycles. The third-order valence-corrected chi connectivity index (χ3v) is 4.40. The quantitative estimate of drug-likeness (QED) is 0.592. The van der Waals surface area contributed by atoms with Crippen LogP contribution in [-0.2, 0) is 4.79 Å². The number of nitrogens with one attached hydrogen (secondary N) is 1. The fourth-order valence-corrected chi connectivity index (χ4v) is 3.03. The van der Waals surface area contributed by atoms with Gasteiger partial charge in [-0.1, -0.05) is 54.6 Å². The maximum atomic E-state index is 12.2. The van der Waals surface area contributed by atoms with Crippen LogP contribution in [0.15, 0.2) is 72.0 Å². The minimum Gasteiger partial charge on any atom is -0.273 e. The summed E-state index contributed by atoms with van der Waals surface area (Å²) in [7, 11) is 0. The Balaban J connectivity index is 1.42. The van der Waals surface area contributed by atoms with E-state index in [9.17, 15) is 4.79 Å². The number of pyridine rings is 1. The lowest BCUT2D eigenvalue weighted by Crippen LogP contribution is -2.20. The Kier molecular flexibility index (Phi) is 3.79. The fraction of sp³-hybridized carbons (Fsp3) is 0.150. The Bertz CT molecular complexity index is 900. The fourth-order valence-electron chi connectivity index (χ4n) is 3.03. The van der Waals surface area contributed by atoms with Gasteiger partial charge in [0.15, 0.2) is 0 Å². The molecule has 0 spiro atoms. The summed E-state index contributed by atoms with van der Waals surface area (Å²) in [6.45, 7) is 0. The summed E-state index contributed by atoms with van der Waals surface area (Å²) in [5.74, 6) is 0.323. The van der Waals surface area contributed by atoms with Crippen LogP contribution in [0.3, 0.4) is 0 Å². The van der Waals surface area contributed by atoms with E-state index in [4.69, 9.17) is 0 Å². The van der Waals surface area contributed by atoms with Gasteiger partial charge >= 0.3 is 0 Å². The van der Waals surface area contributed by atoms with Crippen LogP contribution in [0.1, 0.15) is 23.5 Å². The molecule has 2 aromatic carbocycles. The Morgan fingerprint density at radius 3 is 2.79 bits per heavy atom. The zero-order valence-corrected chi connectivity index (χ0v) is 13.1. The predicted octanol–water partition coefficient (Wildman–Crippen LogP) is 3.49. The lowest BCUT2D eigenvalue weighted by atomic mass is 10.1. The Morgan fingerprint density at radius 1 is 1.08 bits per heavy atom. The van der Waals surface area contributed by atoms with E-state index >= 15 is 0 Å². The smallest absolute Gasteiger partial charge is 0.243 e. The average molecular weight is 315 g/mol. The van der Waals surface area contributed by atoms with Gasteiger partial charge in [0.25, 0.3) is 0 Å². The number of hydrogen-bond acceptors (Lipinski definition) is 3. The largest absolute Gasteiger partial charge is 0.273 e. The lowest BCUT2D eigenvalue weighted by molar-refractivity contribution is -0.122. The molecule has 118 valence electrons. The summed E-state index contributed by atoms with van der Waals surface area (Å²) in [5.41, 5.74) is 5.66. The summed E-state index contributed by atoms with van der Waals surface area (Å²) in [6, 6.07) is 20.0.